The number of ether oxygens (including phenoxy) is 1. The molecule has 8 heteroatoms. The van der Waals surface area contributed by atoms with E-state index in [9.17, 15) is 14.4 Å². The molecule has 0 saturated carbocycles. The Bertz CT molecular complexity index is 651. The van der Waals surface area contributed by atoms with Gasteiger partial charge in [0.05, 0.1) is 10.7 Å². The van der Waals surface area contributed by atoms with E-state index in [1.54, 1.807) is 23.1 Å². The average molecular weight is 368 g/mol. The molecule has 3 amide bonds. The van der Waals surface area contributed by atoms with Crippen molar-refractivity contribution < 1.29 is 19.1 Å². The maximum atomic E-state index is 12.0. The van der Waals surface area contributed by atoms with Gasteiger partial charge < -0.3 is 20.3 Å². The second-order valence-electron chi connectivity index (χ2n) is 5.81. The summed E-state index contributed by atoms with van der Waals surface area (Å²) < 4.78 is 4.74. The standard InChI is InChI=1S/C17H22ClN3O4/c1-25-11-16(23)20-14-6-5-12(10-13(14)18)19-15(22)7-9-21-8-3-2-4-17(21)24/h5-6,10H,2-4,7-9,11H2,1H3,(H,19,22)(H,20,23). The Morgan fingerprint density at radius 3 is 2.72 bits per heavy atom. The molecule has 2 N–H and O–H groups in total. The summed E-state index contributed by atoms with van der Waals surface area (Å²) in [5.74, 6) is -0.392. The van der Waals surface area contributed by atoms with E-state index in [4.69, 9.17) is 16.3 Å². The van der Waals surface area contributed by atoms with Gasteiger partial charge in [-0.15, -0.1) is 0 Å². The highest BCUT2D eigenvalue weighted by Gasteiger charge is 2.18. The Morgan fingerprint density at radius 2 is 2.04 bits per heavy atom. The molecule has 136 valence electrons. The number of methoxy groups -OCH3 is 1. The van der Waals surface area contributed by atoms with Crippen LogP contribution in [0.25, 0.3) is 0 Å². The molecule has 1 aromatic carbocycles. The van der Waals surface area contributed by atoms with Crippen molar-refractivity contribution in [1.29, 1.82) is 0 Å². The van der Waals surface area contributed by atoms with E-state index in [0.29, 0.717) is 35.9 Å². The minimum atomic E-state index is -0.313. The summed E-state index contributed by atoms with van der Waals surface area (Å²) in [4.78, 5) is 37.0. The summed E-state index contributed by atoms with van der Waals surface area (Å²) in [6.07, 6.45) is 2.70. The third-order valence-corrected chi connectivity index (χ3v) is 4.15. The summed E-state index contributed by atoms with van der Waals surface area (Å²) in [5, 5.41) is 5.67. The second-order valence-corrected chi connectivity index (χ2v) is 6.22. The molecule has 1 saturated heterocycles. The van der Waals surface area contributed by atoms with Crippen molar-refractivity contribution in [2.45, 2.75) is 25.7 Å². The first kappa shape index (κ1) is 19.2. The van der Waals surface area contributed by atoms with Gasteiger partial charge >= 0.3 is 0 Å². The highest BCUT2D eigenvalue weighted by molar-refractivity contribution is 6.34. The van der Waals surface area contributed by atoms with Crippen molar-refractivity contribution in [3.63, 3.8) is 0 Å². The zero-order valence-electron chi connectivity index (χ0n) is 14.1. The summed E-state index contributed by atoms with van der Waals surface area (Å²) in [7, 11) is 1.43. The predicted octanol–water partition coefficient (Wildman–Crippen LogP) is 2.27. The van der Waals surface area contributed by atoms with E-state index in [1.807, 2.05) is 0 Å². The van der Waals surface area contributed by atoms with Crippen LogP contribution < -0.4 is 10.6 Å². The van der Waals surface area contributed by atoms with Gasteiger partial charge in [-0.05, 0) is 31.0 Å². The predicted molar refractivity (Wildman–Crippen MR) is 95.6 cm³/mol. The average Bonchev–Trinajstić information content (AvgIpc) is 2.57. The fourth-order valence-corrected chi connectivity index (χ4v) is 2.80. The van der Waals surface area contributed by atoms with Crippen LogP contribution in [-0.2, 0) is 19.1 Å². The Balaban J connectivity index is 1.85. The Kier molecular flexibility index (Phi) is 7.21. The van der Waals surface area contributed by atoms with Crippen molar-refractivity contribution in [3.05, 3.63) is 23.2 Å². The highest BCUT2D eigenvalue weighted by atomic mass is 35.5. The van der Waals surface area contributed by atoms with Gasteiger partial charge in [-0.25, -0.2) is 0 Å². The lowest BCUT2D eigenvalue weighted by Gasteiger charge is -2.26. The quantitative estimate of drug-likeness (QED) is 0.773. The van der Waals surface area contributed by atoms with Gasteiger partial charge in [0.1, 0.15) is 6.61 Å². The lowest BCUT2D eigenvalue weighted by atomic mass is 10.1. The molecule has 1 heterocycles. The maximum absolute atomic E-state index is 12.0. The smallest absolute Gasteiger partial charge is 0.250 e. The number of piperidine rings is 1. The van der Waals surface area contributed by atoms with Crippen LogP contribution in [0.4, 0.5) is 11.4 Å². The highest BCUT2D eigenvalue weighted by Crippen LogP contribution is 2.25. The lowest BCUT2D eigenvalue weighted by molar-refractivity contribution is -0.133. The van der Waals surface area contributed by atoms with E-state index >= 15 is 0 Å². The number of rotatable bonds is 7. The molecule has 0 bridgehead atoms. The molecule has 0 aromatic heterocycles. The fraction of sp³-hybridized carbons (Fsp3) is 0.471. The monoisotopic (exact) mass is 367 g/mol. The molecule has 0 radical (unpaired) electrons. The number of hydrogen-bond acceptors (Lipinski definition) is 4. The zero-order valence-corrected chi connectivity index (χ0v) is 14.9. The summed E-state index contributed by atoms with van der Waals surface area (Å²) in [6, 6.07) is 4.83. The van der Waals surface area contributed by atoms with E-state index < -0.39 is 0 Å². The minimum absolute atomic E-state index is 0.0654. The molecule has 2 rings (SSSR count). The van der Waals surface area contributed by atoms with Gasteiger partial charge in [-0.1, -0.05) is 11.6 Å². The molecule has 0 atom stereocenters. The number of amides is 3. The SMILES string of the molecule is COCC(=O)Nc1ccc(NC(=O)CCN2CCCCC2=O)cc1Cl. The van der Waals surface area contributed by atoms with Crippen LogP contribution in [0.3, 0.4) is 0 Å². The zero-order chi connectivity index (χ0) is 18.2. The van der Waals surface area contributed by atoms with E-state index in [0.717, 1.165) is 12.8 Å². The topological polar surface area (TPSA) is 87.7 Å². The number of benzene rings is 1. The Labute approximate surface area is 151 Å². The number of anilines is 2. The molecular weight excluding hydrogens is 346 g/mol. The first-order valence-corrected chi connectivity index (χ1v) is 8.53. The van der Waals surface area contributed by atoms with Gasteiger partial charge in [0.25, 0.3) is 0 Å². The molecule has 0 spiro atoms. The van der Waals surface area contributed by atoms with Crippen molar-refractivity contribution in [3.8, 4) is 0 Å². The van der Waals surface area contributed by atoms with Gasteiger partial charge in [0.15, 0.2) is 0 Å². The summed E-state index contributed by atoms with van der Waals surface area (Å²) in [6.45, 7) is 1.07. The van der Waals surface area contributed by atoms with E-state index in [2.05, 4.69) is 10.6 Å². The van der Waals surface area contributed by atoms with Crippen LogP contribution in [-0.4, -0.2) is 49.4 Å². The molecule has 0 unspecified atom stereocenters. The molecule has 0 aliphatic carbocycles. The van der Waals surface area contributed by atoms with Crippen LogP contribution >= 0.6 is 11.6 Å². The number of nitrogens with zero attached hydrogens (tertiary/aromatic N) is 1. The van der Waals surface area contributed by atoms with Crippen LogP contribution in [0.15, 0.2) is 18.2 Å². The minimum Gasteiger partial charge on any atom is -0.375 e. The van der Waals surface area contributed by atoms with Gasteiger partial charge in [0.2, 0.25) is 17.7 Å². The molecule has 1 fully saturated rings. The first-order chi connectivity index (χ1) is 12.0. The fourth-order valence-electron chi connectivity index (χ4n) is 2.57. The first-order valence-electron chi connectivity index (χ1n) is 8.15. The van der Waals surface area contributed by atoms with Crippen LogP contribution in [0.1, 0.15) is 25.7 Å². The lowest BCUT2D eigenvalue weighted by Crippen LogP contribution is -2.37. The number of carbonyl (C=O) groups excluding carboxylic acids is 3. The molecule has 7 nitrogen and oxygen atoms in total. The number of nitrogens with one attached hydrogen (secondary N) is 2. The maximum Gasteiger partial charge on any atom is 0.250 e. The molecule has 1 aliphatic rings. The van der Waals surface area contributed by atoms with Crippen molar-refractivity contribution in [2.75, 3.05) is 37.4 Å². The normalized spacial score (nSPS) is 14.3. The molecular formula is C17H22ClN3O4. The third kappa shape index (κ3) is 6.03. The van der Waals surface area contributed by atoms with Crippen molar-refractivity contribution in [2.24, 2.45) is 0 Å². The van der Waals surface area contributed by atoms with E-state index in [1.165, 1.54) is 7.11 Å². The van der Waals surface area contributed by atoms with Crippen LogP contribution in [0, 0.1) is 0 Å². The van der Waals surface area contributed by atoms with Crippen molar-refractivity contribution >= 4 is 40.7 Å². The molecule has 1 aliphatic heterocycles. The van der Waals surface area contributed by atoms with Gasteiger partial charge in [-0.2, -0.15) is 0 Å². The number of hydrogen-bond donors (Lipinski definition) is 2. The number of carbonyl (C=O) groups is 3. The third-order valence-electron chi connectivity index (χ3n) is 3.83. The second kappa shape index (κ2) is 9.39. The Morgan fingerprint density at radius 1 is 1.24 bits per heavy atom. The number of halogens is 1. The van der Waals surface area contributed by atoms with Crippen LogP contribution in [0.5, 0.6) is 0 Å². The van der Waals surface area contributed by atoms with Gasteiger partial charge in [-0.3, -0.25) is 14.4 Å². The largest absolute Gasteiger partial charge is 0.375 e. The molecule has 1 aromatic rings. The van der Waals surface area contributed by atoms with Crippen molar-refractivity contribution in [1.82, 2.24) is 4.90 Å². The van der Waals surface area contributed by atoms with Crippen LogP contribution in [0.2, 0.25) is 5.02 Å². The Hall–Kier alpha value is -2.12. The summed E-state index contributed by atoms with van der Waals surface area (Å²) >= 11 is 6.12. The van der Waals surface area contributed by atoms with Gasteiger partial charge in [0, 0.05) is 38.7 Å². The van der Waals surface area contributed by atoms with E-state index in [-0.39, 0.29) is 30.7 Å². The summed E-state index contributed by atoms with van der Waals surface area (Å²) in [5.41, 5.74) is 0.977. The molecule has 25 heavy (non-hydrogen) atoms. The number of likely N-dealkylation sites (tertiary alicyclic amines) is 1.